The molecule has 0 atom stereocenters. The maximum Gasteiger partial charge on any atom is 0.317 e. The Morgan fingerprint density at radius 2 is 2.20 bits per heavy atom. The molecule has 2 N–H and O–H groups in total. The molecule has 5 nitrogen and oxygen atoms in total. The number of carbonyl (C=O) groups is 1. The minimum atomic E-state index is 0.00720. The minimum absolute atomic E-state index is 0.00720. The molecule has 1 aliphatic heterocycles. The molecule has 0 unspecified atom stereocenters. The van der Waals surface area contributed by atoms with Crippen molar-refractivity contribution < 1.29 is 4.79 Å². The number of carbonyl (C=O) groups excluding carboxylic acids is 1. The fraction of sp³-hybridized carbons (Fsp3) is 0.333. The van der Waals surface area contributed by atoms with Gasteiger partial charge in [0.1, 0.15) is 0 Å². The molecule has 0 aliphatic carbocycles. The Kier molecular flexibility index (Phi) is 3.67. The van der Waals surface area contributed by atoms with Gasteiger partial charge in [-0.15, -0.1) is 0 Å². The summed E-state index contributed by atoms with van der Waals surface area (Å²) in [6, 6.07) is 10.2. The third-order valence-corrected chi connectivity index (χ3v) is 3.62. The largest absolute Gasteiger partial charge is 0.338 e. The zero-order valence-corrected chi connectivity index (χ0v) is 11.3. The van der Waals surface area contributed by atoms with Crippen LogP contribution >= 0.6 is 0 Å². The van der Waals surface area contributed by atoms with Crippen LogP contribution in [0.2, 0.25) is 0 Å². The van der Waals surface area contributed by atoms with Crippen molar-refractivity contribution in [2.75, 3.05) is 13.1 Å². The summed E-state index contributed by atoms with van der Waals surface area (Å²) in [6.07, 6.45) is 3.51. The van der Waals surface area contributed by atoms with Gasteiger partial charge in [-0.1, -0.05) is 30.3 Å². The fourth-order valence-electron chi connectivity index (χ4n) is 2.47. The first-order chi connectivity index (χ1) is 9.83. The van der Waals surface area contributed by atoms with Crippen LogP contribution in [0.3, 0.4) is 0 Å². The van der Waals surface area contributed by atoms with Gasteiger partial charge in [0.15, 0.2) is 0 Å². The van der Waals surface area contributed by atoms with Gasteiger partial charge < -0.3 is 10.2 Å². The van der Waals surface area contributed by atoms with Crippen LogP contribution < -0.4 is 5.32 Å². The lowest BCUT2D eigenvalue weighted by Gasteiger charge is -2.26. The van der Waals surface area contributed by atoms with E-state index in [9.17, 15) is 4.79 Å². The van der Waals surface area contributed by atoms with E-state index in [0.717, 1.165) is 30.6 Å². The van der Waals surface area contributed by atoms with E-state index >= 15 is 0 Å². The standard InChI is InChI=1S/C15H18N4O/c20-15(16-8-6-12-4-2-1-3-5-12)19-9-7-14-13(11-19)10-17-18-14/h1-5,10H,6-9,11H2,(H,16,20)(H,17,18). The molecule has 1 aromatic carbocycles. The number of H-pyrrole nitrogens is 1. The second-order valence-corrected chi connectivity index (χ2v) is 5.01. The van der Waals surface area contributed by atoms with Gasteiger partial charge in [0, 0.05) is 30.8 Å². The highest BCUT2D eigenvalue weighted by Gasteiger charge is 2.21. The lowest BCUT2D eigenvalue weighted by atomic mass is 10.1. The number of rotatable bonds is 3. The number of urea groups is 1. The zero-order valence-electron chi connectivity index (χ0n) is 11.3. The molecule has 5 heteroatoms. The van der Waals surface area contributed by atoms with Gasteiger partial charge in [-0.25, -0.2) is 4.79 Å². The summed E-state index contributed by atoms with van der Waals surface area (Å²) in [5.74, 6) is 0. The fourth-order valence-corrected chi connectivity index (χ4v) is 2.47. The maximum atomic E-state index is 12.1. The third-order valence-electron chi connectivity index (χ3n) is 3.62. The van der Waals surface area contributed by atoms with Crippen molar-refractivity contribution in [3.05, 3.63) is 53.3 Å². The SMILES string of the molecule is O=C(NCCc1ccccc1)N1CCc2[nH]ncc2C1. The number of hydrogen-bond donors (Lipinski definition) is 2. The Bertz CT molecular complexity index is 579. The molecule has 3 rings (SSSR count). The van der Waals surface area contributed by atoms with Gasteiger partial charge >= 0.3 is 6.03 Å². The van der Waals surface area contributed by atoms with Crippen LogP contribution in [-0.4, -0.2) is 34.2 Å². The lowest BCUT2D eigenvalue weighted by Crippen LogP contribution is -2.43. The highest BCUT2D eigenvalue weighted by molar-refractivity contribution is 5.74. The molecule has 2 aromatic rings. The third kappa shape index (κ3) is 2.82. The number of aromatic amines is 1. The molecule has 2 heterocycles. The summed E-state index contributed by atoms with van der Waals surface area (Å²) in [5, 5.41) is 9.97. The summed E-state index contributed by atoms with van der Waals surface area (Å²) in [5.41, 5.74) is 3.51. The zero-order chi connectivity index (χ0) is 13.8. The van der Waals surface area contributed by atoms with E-state index in [-0.39, 0.29) is 6.03 Å². The first-order valence-electron chi connectivity index (χ1n) is 6.91. The van der Waals surface area contributed by atoms with Crippen LogP contribution in [-0.2, 0) is 19.4 Å². The minimum Gasteiger partial charge on any atom is -0.338 e. The van der Waals surface area contributed by atoms with E-state index in [1.165, 1.54) is 5.56 Å². The van der Waals surface area contributed by atoms with Crippen molar-refractivity contribution in [3.8, 4) is 0 Å². The summed E-state index contributed by atoms with van der Waals surface area (Å²) >= 11 is 0. The first kappa shape index (κ1) is 12.7. The molecule has 0 spiro atoms. The molecule has 1 aromatic heterocycles. The number of fused-ring (bicyclic) bond motifs is 1. The molecule has 1 aliphatic rings. The number of amides is 2. The molecule has 2 amide bonds. The summed E-state index contributed by atoms with van der Waals surface area (Å²) in [7, 11) is 0. The van der Waals surface area contributed by atoms with Gasteiger partial charge in [-0.05, 0) is 12.0 Å². The van der Waals surface area contributed by atoms with Crippen LogP contribution in [0, 0.1) is 0 Å². The normalized spacial score (nSPS) is 13.9. The Labute approximate surface area is 118 Å². The molecule has 0 saturated heterocycles. The molecular formula is C15H18N4O. The van der Waals surface area contributed by atoms with Gasteiger partial charge in [0.25, 0.3) is 0 Å². The number of benzene rings is 1. The van der Waals surface area contributed by atoms with E-state index in [1.54, 1.807) is 6.20 Å². The van der Waals surface area contributed by atoms with Crippen LogP contribution in [0.15, 0.2) is 36.5 Å². The van der Waals surface area contributed by atoms with Crippen molar-refractivity contribution in [2.24, 2.45) is 0 Å². The average Bonchev–Trinajstić information content (AvgIpc) is 2.95. The Hall–Kier alpha value is -2.30. The van der Waals surface area contributed by atoms with Crippen LogP contribution in [0.4, 0.5) is 4.79 Å². The summed E-state index contributed by atoms with van der Waals surface area (Å²) in [6.45, 7) is 2.05. The molecule has 0 saturated carbocycles. The number of aromatic nitrogens is 2. The van der Waals surface area contributed by atoms with Crippen LogP contribution in [0.1, 0.15) is 16.8 Å². The van der Waals surface area contributed by atoms with Crippen molar-refractivity contribution >= 4 is 6.03 Å². The molecule has 20 heavy (non-hydrogen) atoms. The summed E-state index contributed by atoms with van der Waals surface area (Å²) in [4.78, 5) is 13.9. The molecule has 0 radical (unpaired) electrons. The Balaban J connectivity index is 1.48. The van der Waals surface area contributed by atoms with Gasteiger partial charge in [-0.3, -0.25) is 5.10 Å². The quantitative estimate of drug-likeness (QED) is 0.892. The van der Waals surface area contributed by atoms with Crippen molar-refractivity contribution in [2.45, 2.75) is 19.4 Å². The number of hydrogen-bond acceptors (Lipinski definition) is 2. The molecular weight excluding hydrogens is 252 g/mol. The van der Waals surface area contributed by atoms with E-state index in [1.807, 2.05) is 23.1 Å². The Morgan fingerprint density at radius 3 is 3.05 bits per heavy atom. The van der Waals surface area contributed by atoms with E-state index < -0.39 is 0 Å². The first-order valence-corrected chi connectivity index (χ1v) is 6.91. The predicted octanol–water partition coefficient (Wildman–Crippen LogP) is 1.72. The second-order valence-electron chi connectivity index (χ2n) is 5.01. The molecule has 0 fully saturated rings. The van der Waals surface area contributed by atoms with Crippen LogP contribution in [0.5, 0.6) is 0 Å². The predicted molar refractivity (Wildman–Crippen MR) is 76.2 cm³/mol. The van der Waals surface area contributed by atoms with Crippen molar-refractivity contribution in [3.63, 3.8) is 0 Å². The van der Waals surface area contributed by atoms with E-state index in [4.69, 9.17) is 0 Å². The van der Waals surface area contributed by atoms with Gasteiger partial charge in [0.2, 0.25) is 0 Å². The monoisotopic (exact) mass is 270 g/mol. The molecule has 0 bridgehead atoms. The smallest absolute Gasteiger partial charge is 0.317 e. The van der Waals surface area contributed by atoms with Crippen molar-refractivity contribution in [1.82, 2.24) is 20.4 Å². The topological polar surface area (TPSA) is 61.0 Å². The van der Waals surface area contributed by atoms with Crippen molar-refractivity contribution in [1.29, 1.82) is 0 Å². The maximum absolute atomic E-state index is 12.1. The van der Waals surface area contributed by atoms with Crippen LogP contribution in [0.25, 0.3) is 0 Å². The van der Waals surface area contributed by atoms with Gasteiger partial charge in [-0.2, -0.15) is 5.10 Å². The number of nitrogens with zero attached hydrogens (tertiary/aromatic N) is 2. The second kappa shape index (κ2) is 5.77. The Morgan fingerprint density at radius 1 is 1.35 bits per heavy atom. The van der Waals surface area contributed by atoms with E-state index in [0.29, 0.717) is 13.1 Å². The lowest BCUT2D eigenvalue weighted by molar-refractivity contribution is 0.192. The van der Waals surface area contributed by atoms with E-state index in [2.05, 4.69) is 27.6 Å². The number of nitrogens with one attached hydrogen (secondary N) is 2. The molecule has 104 valence electrons. The van der Waals surface area contributed by atoms with Gasteiger partial charge in [0.05, 0.1) is 12.7 Å². The average molecular weight is 270 g/mol. The highest BCUT2D eigenvalue weighted by atomic mass is 16.2. The summed E-state index contributed by atoms with van der Waals surface area (Å²) < 4.78 is 0. The highest BCUT2D eigenvalue weighted by Crippen LogP contribution is 2.15.